The normalized spacial score (nSPS) is 30.7. The highest BCUT2D eigenvalue weighted by atomic mass is 32.2. The molecule has 20 heavy (non-hydrogen) atoms. The molecular formula is C13H18N2O4S. The molecule has 0 radical (unpaired) electrons. The monoisotopic (exact) mass is 298 g/mol. The zero-order valence-corrected chi connectivity index (χ0v) is 11.9. The van der Waals surface area contributed by atoms with Gasteiger partial charge in [0.05, 0.1) is 25.4 Å². The first kappa shape index (κ1) is 13.9. The van der Waals surface area contributed by atoms with Crippen LogP contribution in [0.25, 0.3) is 0 Å². The van der Waals surface area contributed by atoms with Gasteiger partial charge in [0, 0.05) is 18.4 Å². The average molecular weight is 298 g/mol. The van der Waals surface area contributed by atoms with Gasteiger partial charge in [-0.3, -0.25) is 4.98 Å². The average Bonchev–Trinajstić information content (AvgIpc) is 2.48. The molecule has 3 unspecified atom stereocenters. The van der Waals surface area contributed by atoms with E-state index in [1.165, 1.54) is 6.20 Å². The highest BCUT2D eigenvalue weighted by molar-refractivity contribution is 7.89. The number of aromatic nitrogens is 1. The van der Waals surface area contributed by atoms with Gasteiger partial charge < -0.3 is 9.47 Å². The van der Waals surface area contributed by atoms with Crippen LogP contribution in [-0.4, -0.2) is 44.9 Å². The SMILES string of the molecule is O=S(=O)(NC1CCC2OCCOC2C1)c1cccnc1. The summed E-state index contributed by atoms with van der Waals surface area (Å²) in [5.41, 5.74) is 0. The van der Waals surface area contributed by atoms with Crippen molar-refractivity contribution in [2.75, 3.05) is 13.2 Å². The third-order valence-corrected chi connectivity index (χ3v) is 5.25. The van der Waals surface area contributed by atoms with Gasteiger partial charge in [-0.1, -0.05) is 0 Å². The van der Waals surface area contributed by atoms with Gasteiger partial charge in [0.1, 0.15) is 4.90 Å². The lowest BCUT2D eigenvalue weighted by molar-refractivity contribution is -0.156. The summed E-state index contributed by atoms with van der Waals surface area (Å²) in [6.07, 6.45) is 5.27. The maximum Gasteiger partial charge on any atom is 0.242 e. The fraction of sp³-hybridized carbons (Fsp3) is 0.615. The number of ether oxygens (including phenoxy) is 2. The van der Waals surface area contributed by atoms with Gasteiger partial charge in [-0.05, 0) is 31.4 Å². The van der Waals surface area contributed by atoms with E-state index in [0.717, 1.165) is 12.8 Å². The number of hydrogen-bond donors (Lipinski definition) is 1. The molecular weight excluding hydrogens is 280 g/mol. The molecule has 1 saturated carbocycles. The van der Waals surface area contributed by atoms with E-state index in [2.05, 4.69) is 9.71 Å². The molecule has 6 nitrogen and oxygen atoms in total. The van der Waals surface area contributed by atoms with Crippen LogP contribution >= 0.6 is 0 Å². The molecule has 110 valence electrons. The number of hydrogen-bond acceptors (Lipinski definition) is 5. The summed E-state index contributed by atoms with van der Waals surface area (Å²) < 4.78 is 38.5. The zero-order chi connectivity index (χ0) is 14.0. The number of fused-ring (bicyclic) bond motifs is 1. The lowest BCUT2D eigenvalue weighted by Crippen LogP contribution is -2.49. The van der Waals surface area contributed by atoms with Gasteiger partial charge in [0.25, 0.3) is 0 Å². The van der Waals surface area contributed by atoms with Crippen LogP contribution in [0.1, 0.15) is 19.3 Å². The Morgan fingerprint density at radius 1 is 1.20 bits per heavy atom. The Morgan fingerprint density at radius 2 is 2.00 bits per heavy atom. The third-order valence-electron chi connectivity index (χ3n) is 3.74. The molecule has 1 aliphatic heterocycles. The van der Waals surface area contributed by atoms with Crippen LogP contribution in [0.2, 0.25) is 0 Å². The van der Waals surface area contributed by atoms with E-state index in [4.69, 9.17) is 9.47 Å². The van der Waals surface area contributed by atoms with Crippen LogP contribution in [0.5, 0.6) is 0 Å². The second-order valence-corrected chi connectivity index (χ2v) is 6.85. The predicted octanol–water partition coefficient (Wildman–Crippen LogP) is 0.696. The molecule has 1 aromatic heterocycles. The summed E-state index contributed by atoms with van der Waals surface area (Å²) in [7, 11) is -3.51. The topological polar surface area (TPSA) is 77.5 Å². The minimum Gasteiger partial charge on any atom is -0.373 e. The molecule has 2 fully saturated rings. The molecule has 3 atom stereocenters. The third kappa shape index (κ3) is 3.01. The van der Waals surface area contributed by atoms with E-state index in [1.807, 2.05) is 0 Å². The van der Waals surface area contributed by atoms with Crippen LogP contribution in [0.3, 0.4) is 0 Å². The molecule has 3 rings (SSSR count). The standard InChI is InChI=1S/C13H18N2O4S/c16-20(17,11-2-1-5-14-9-11)15-10-3-4-12-13(8-10)19-7-6-18-12/h1-2,5,9-10,12-13,15H,3-4,6-8H2. The van der Waals surface area contributed by atoms with E-state index >= 15 is 0 Å². The number of pyridine rings is 1. The van der Waals surface area contributed by atoms with Gasteiger partial charge in [-0.15, -0.1) is 0 Å². The Hall–Kier alpha value is -1.02. The summed E-state index contributed by atoms with van der Waals surface area (Å²) in [4.78, 5) is 4.04. The largest absolute Gasteiger partial charge is 0.373 e. The van der Waals surface area contributed by atoms with Gasteiger partial charge in [0.15, 0.2) is 0 Å². The number of nitrogens with one attached hydrogen (secondary N) is 1. The van der Waals surface area contributed by atoms with E-state index in [0.29, 0.717) is 19.6 Å². The van der Waals surface area contributed by atoms with E-state index < -0.39 is 10.0 Å². The van der Waals surface area contributed by atoms with E-state index in [-0.39, 0.29) is 23.1 Å². The molecule has 1 N–H and O–H groups in total. The number of sulfonamides is 1. The lowest BCUT2D eigenvalue weighted by atomic mass is 9.90. The molecule has 1 aromatic rings. The molecule has 0 amide bonds. The molecule has 0 aromatic carbocycles. The number of rotatable bonds is 3. The first-order chi connectivity index (χ1) is 9.65. The van der Waals surface area contributed by atoms with Gasteiger partial charge >= 0.3 is 0 Å². The smallest absolute Gasteiger partial charge is 0.242 e. The van der Waals surface area contributed by atoms with Crippen molar-refractivity contribution in [1.29, 1.82) is 0 Å². The van der Waals surface area contributed by atoms with Crippen LogP contribution in [0, 0.1) is 0 Å². The summed E-state index contributed by atoms with van der Waals surface area (Å²) in [6.45, 7) is 1.22. The quantitative estimate of drug-likeness (QED) is 0.888. The first-order valence-corrected chi connectivity index (χ1v) is 8.29. The fourth-order valence-electron chi connectivity index (χ4n) is 2.77. The Morgan fingerprint density at radius 3 is 2.75 bits per heavy atom. The van der Waals surface area contributed by atoms with Crippen molar-refractivity contribution >= 4 is 10.0 Å². The van der Waals surface area contributed by atoms with Crippen LogP contribution < -0.4 is 4.72 Å². The van der Waals surface area contributed by atoms with Crippen molar-refractivity contribution in [1.82, 2.24) is 9.71 Å². The van der Waals surface area contributed by atoms with Gasteiger partial charge in [0.2, 0.25) is 10.0 Å². The van der Waals surface area contributed by atoms with Crippen molar-refractivity contribution < 1.29 is 17.9 Å². The van der Waals surface area contributed by atoms with Crippen LogP contribution in [0.4, 0.5) is 0 Å². The van der Waals surface area contributed by atoms with Crippen molar-refractivity contribution in [2.45, 2.75) is 42.4 Å². The summed E-state index contributed by atoms with van der Waals surface area (Å²) in [6, 6.07) is 3.05. The Balaban J connectivity index is 1.66. The van der Waals surface area contributed by atoms with Crippen LogP contribution in [-0.2, 0) is 19.5 Å². The minimum atomic E-state index is -3.51. The van der Waals surface area contributed by atoms with E-state index in [9.17, 15) is 8.42 Å². The maximum atomic E-state index is 12.2. The summed E-state index contributed by atoms with van der Waals surface area (Å²) in [5.74, 6) is 0. The molecule has 0 spiro atoms. The highest BCUT2D eigenvalue weighted by Gasteiger charge is 2.35. The lowest BCUT2D eigenvalue weighted by Gasteiger charge is -2.38. The predicted molar refractivity (Wildman–Crippen MR) is 71.7 cm³/mol. The minimum absolute atomic E-state index is 0.000835. The van der Waals surface area contributed by atoms with Crippen molar-refractivity contribution in [2.24, 2.45) is 0 Å². The molecule has 7 heteroatoms. The molecule has 2 aliphatic rings. The van der Waals surface area contributed by atoms with Crippen molar-refractivity contribution in [3.63, 3.8) is 0 Å². The van der Waals surface area contributed by atoms with Gasteiger partial charge in [-0.2, -0.15) is 0 Å². The zero-order valence-electron chi connectivity index (χ0n) is 11.1. The summed E-state index contributed by atoms with van der Waals surface area (Å²) >= 11 is 0. The fourth-order valence-corrected chi connectivity index (χ4v) is 4.01. The van der Waals surface area contributed by atoms with Gasteiger partial charge in [-0.25, -0.2) is 13.1 Å². The molecule has 1 aliphatic carbocycles. The van der Waals surface area contributed by atoms with Crippen LogP contribution in [0.15, 0.2) is 29.4 Å². The Labute approximate surface area is 118 Å². The molecule has 0 bridgehead atoms. The molecule has 1 saturated heterocycles. The maximum absolute atomic E-state index is 12.2. The highest BCUT2D eigenvalue weighted by Crippen LogP contribution is 2.27. The summed E-state index contributed by atoms with van der Waals surface area (Å²) in [5, 5.41) is 0. The number of nitrogens with zero attached hydrogens (tertiary/aromatic N) is 1. The Kier molecular flexibility index (Phi) is 4.02. The second-order valence-electron chi connectivity index (χ2n) is 5.14. The van der Waals surface area contributed by atoms with Crippen molar-refractivity contribution in [3.8, 4) is 0 Å². The Bertz CT molecular complexity index is 549. The molecule has 2 heterocycles. The first-order valence-electron chi connectivity index (χ1n) is 6.81. The van der Waals surface area contributed by atoms with E-state index in [1.54, 1.807) is 18.3 Å². The second kappa shape index (κ2) is 5.77. The van der Waals surface area contributed by atoms with Crippen molar-refractivity contribution in [3.05, 3.63) is 24.5 Å².